The second kappa shape index (κ2) is 6.60. The number of benzene rings is 1. The van der Waals surface area contributed by atoms with Crippen molar-refractivity contribution in [1.29, 1.82) is 0 Å². The first-order chi connectivity index (χ1) is 9.77. The summed E-state index contributed by atoms with van der Waals surface area (Å²) in [6, 6.07) is 2.53. The summed E-state index contributed by atoms with van der Waals surface area (Å²) in [5.74, 6) is 0.446. The summed E-state index contributed by atoms with van der Waals surface area (Å²) in [5.41, 5.74) is 5.74. The quantitative estimate of drug-likeness (QED) is 0.885. The van der Waals surface area contributed by atoms with Gasteiger partial charge in [0.1, 0.15) is 4.90 Å². The Morgan fingerprint density at radius 1 is 1.29 bits per heavy atom. The monoisotopic (exact) mass is 370 g/mol. The van der Waals surface area contributed by atoms with Crippen LogP contribution in [0.3, 0.4) is 0 Å². The van der Waals surface area contributed by atoms with Crippen LogP contribution in [0.15, 0.2) is 17.0 Å². The van der Waals surface area contributed by atoms with Crippen LogP contribution in [0.4, 0.5) is 0 Å². The average Bonchev–Trinajstić information content (AvgIpc) is 2.36. The number of nitrogens with zero attached hydrogens (tertiary/aromatic N) is 1. The van der Waals surface area contributed by atoms with Crippen LogP contribution in [-0.4, -0.2) is 31.9 Å². The van der Waals surface area contributed by atoms with Crippen LogP contribution in [0.25, 0.3) is 0 Å². The van der Waals surface area contributed by atoms with Crippen LogP contribution in [0, 0.1) is 5.92 Å². The van der Waals surface area contributed by atoms with Crippen LogP contribution >= 0.6 is 34.8 Å². The van der Waals surface area contributed by atoms with E-state index < -0.39 is 10.0 Å². The Bertz CT molecular complexity index is 613. The molecule has 1 aliphatic rings. The fourth-order valence-electron chi connectivity index (χ4n) is 2.65. The minimum absolute atomic E-state index is 0.0295. The van der Waals surface area contributed by atoms with Crippen molar-refractivity contribution in [2.75, 3.05) is 13.1 Å². The fraction of sp³-hybridized carbons (Fsp3) is 0.538. The van der Waals surface area contributed by atoms with Crippen LogP contribution in [-0.2, 0) is 10.0 Å². The van der Waals surface area contributed by atoms with Gasteiger partial charge in [-0.1, -0.05) is 41.7 Å². The van der Waals surface area contributed by atoms with Gasteiger partial charge in [-0.15, -0.1) is 0 Å². The second-order valence-corrected chi connectivity index (χ2v) is 8.41. The van der Waals surface area contributed by atoms with E-state index in [2.05, 4.69) is 6.92 Å². The molecule has 2 unspecified atom stereocenters. The molecular formula is C13H17Cl3N2O2S. The lowest BCUT2D eigenvalue weighted by Gasteiger charge is -2.37. The van der Waals surface area contributed by atoms with Crippen LogP contribution in [0.1, 0.15) is 19.8 Å². The zero-order valence-corrected chi connectivity index (χ0v) is 14.6. The third kappa shape index (κ3) is 3.49. The first-order valence-corrected chi connectivity index (χ1v) is 9.21. The van der Waals surface area contributed by atoms with E-state index in [1.807, 2.05) is 0 Å². The van der Waals surface area contributed by atoms with E-state index in [9.17, 15) is 8.42 Å². The predicted octanol–water partition coefficient (Wildman–Crippen LogP) is 3.39. The Kier molecular flexibility index (Phi) is 5.45. The molecule has 2 atom stereocenters. The third-order valence-corrected chi connectivity index (χ3v) is 6.82. The third-order valence-electron chi connectivity index (χ3n) is 3.73. The van der Waals surface area contributed by atoms with Gasteiger partial charge in [-0.3, -0.25) is 0 Å². The van der Waals surface area contributed by atoms with Crippen molar-refractivity contribution in [3.8, 4) is 0 Å². The van der Waals surface area contributed by atoms with Gasteiger partial charge >= 0.3 is 0 Å². The summed E-state index contributed by atoms with van der Waals surface area (Å²) < 4.78 is 27.2. The number of sulfonamides is 1. The molecule has 1 saturated heterocycles. The maximum atomic E-state index is 12.9. The summed E-state index contributed by atoms with van der Waals surface area (Å²) in [6.07, 6.45) is 1.52. The van der Waals surface area contributed by atoms with Crippen LogP contribution in [0.5, 0.6) is 0 Å². The van der Waals surface area contributed by atoms with E-state index in [0.29, 0.717) is 17.5 Å². The van der Waals surface area contributed by atoms with Gasteiger partial charge in [0.25, 0.3) is 0 Å². The molecule has 0 saturated carbocycles. The van der Waals surface area contributed by atoms with Gasteiger partial charge in [-0.2, -0.15) is 4.31 Å². The summed E-state index contributed by atoms with van der Waals surface area (Å²) in [5, 5.41) is 0.357. The van der Waals surface area contributed by atoms with Gasteiger partial charge in [-0.25, -0.2) is 8.42 Å². The largest absolute Gasteiger partial charge is 0.329 e. The maximum absolute atomic E-state index is 12.9. The smallest absolute Gasteiger partial charge is 0.246 e. The Morgan fingerprint density at radius 3 is 2.38 bits per heavy atom. The molecule has 0 bridgehead atoms. The topological polar surface area (TPSA) is 63.4 Å². The Hall–Kier alpha value is -0.0400. The lowest BCUT2D eigenvalue weighted by molar-refractivity contribution is 0.211. The van der Waals surface area contributed by atoms with Gasteiger partial charge in [-0.05, 0) is 30.9 Å². The first-order valence-electron chi connectivity index (χ1n) is 6.63. The highest BCUT2D eigenvalue weighted by atomic mass is 35.5. The number of rotatable bonds is 3. The second-order valence-electron chi connectivity index (χ2n) is 5.33. The molecule has 8 heteroatoms. The maximum Gasteiger partial charge on any atom is 0.246 e. The number of piperidine rings is 1. The number of hydrogen-bond donors (Lipinski definition) is 1. The predicted molar refractivity (Wildman–Crippen MR) is 86.6 cm³/mol. The molecule has 0 radical (unpaired) electrons. The lowest BCUT2D eigenvalue weighted by atomic mass is 9.94. The standard InChI is InChI=1S/C13H17Cl3N2O2S/c1-8-2-3-18(10(4-8)7-17)21(19,20)13-11(15)5-9(14)6-12(13)16/h5-6,8,10H,2-4,7,17H2,1H3. The van der Waals surface area contributed by atoms with E-state index in [0.717, 1.165) is 12.8 Å². The highest BCUT2D eigenvalue weighted by molar-refractivity contribution is 7.89. The minimum atomic E-state index is -3.79. The molecular weight excluding hydrogens is 355 g/mol. The molecule has 118 valence electrons. The molecule has 2 rings (SSSR count). The van der Waals surface area contributed by atoms with Crippen molar-refractivity contribution in [2.45, 2.75) is 30.7 Å². The minimum Gasteiger partial charge on any atom is -0.329 e. The van der Waals surface area contributed by atoms with Crippen molar-refractivity contribution in [3.05, 3.63) is 27.2 Å². The van der Waals surface area contributed by atoms with Crippen LogP contribution < -0.4 is 5.73 Å². The summed E-state index contributed by atoms with van der Waals surface area (Å²) >= 11 is 17.9. The molecule has 0 spiro atoms. The summed E-state index contributed by atoms with van der Waals surface area (Å²) in [6.45, 7) is 2.78. The van der Waals surface area contributed by atoms with Crippen molar-refractivity contribution < 1.29 is 8.42 Å². The van der Waals surface area contributed by atoms with Crippen molar-refractivity contribution in [2.24, 2.45) is 11.7 Å². The van der Waals surface area contributed by atoms with Crippen molar-refractivity contribution in [1.82, 2.24) is 4.31 Å². The molecule has 2 N–H and O–H groups in total. The lowest BCUT2D eigenvalue weighted by Crippen LogP contribution is -2.49. The van der Waals surface area contributed by atoms with Gasteiger partial charge in [0.05, 0.1) is 10.0 Å². The molecule has 1 aromatic carbocycles. The van der Waals surface area contributed by atoms with E-state index in [1.165, 1.54) is 16.4 Å². The van der Waals surface area contributed by atoms with Crippen molar-refractivity contribution >= 4 is 44.8 Å². The number of nitrogens with two attached hydrogens (primary N) is 1. The van der Waals surface area contributed by atoms with Gasteiger partial charge in [0.2, 0.25) is 10.0 Å². The van der Waals surface area contributed by atoms with Gasteiger partial charge in [0, 0.05) is 24.2 Å². The fourth-order valence-corrected chi connectivity index (χ4v) is 5.81. The molecule has 0 aromatic heterocycles. The van der Waals surface area contributed by atoms with E-state index >= 15 is 0 Å². The first kappa shape index (κ1) is 17.3. The normalized spacial score (nSPS) is 24.2. The van der Waals surface area contributed by atoms with Crippen molar-refractivity contribution in [3.63, 3.8) is 0 Å². The Labute approximate surface area is 140 Å². The molecule has 1 fully saturated rings. The van der Waals surface area contributed by atoms with E-state index in [-0.39, 0.29) is 27.5 Å². The average molecular weight is 372 g/mol. The molecule has 0 amide bonds. The highest BCUT2D eigenvalue weighted by Gasteiger charge is 2.37. The Morgan fingerprint density at radius 2 is 1.86 bits per heavy atom. The van der Waals surface area contributed by atoms with E-state index in [1.54, 1.807) is 0 Å². The molecule has 21 heavy (non-hydrogen) atoms. The number of halogens is 3. The molecule has 1 aliphatic heterocycles. The molecule has 1 aromatic rings. The summed E-state index contributed by atoms with van der Waals surface area (Å²) in [4.78, 5) is -0.0942. The molecule has 4 nitrogen and oxygen atoms in total. The zero-order valence-electron chi connectivity index (χ0n) is 11.5. The Balaban J connectivity index is 2.47. The SMILES string of the molecule is CC1CCN(S(=O)(=O)c2c(Cl)cc(Cl)cc2Cl)C(CN)C1. The van der Waals surface area contributed by atoms with Crippen LogP contribution in [0.2, 0.25) is 15.1 Å². The highest BCUT2D eigenvalue weighted by Crippen LogP contribution is 2.37. The molecule has 0 aliphatic carbocycles. The number of hydrogen-bond acceptors (Lipinski definition) is 3. The van der Waals surface area contributed by atoms with Gasteiger partial charge < -0.3 is 5.73 Å². The van der Waals surface area contributed by atoms with E-state index in [4.69, 9.17) is 40.5 Å². The zero-order chi connectivity index (χ0) is 15.8. The molecule has 1 heterocycles. The van der Waals surface area contributed by atoms with Gasteiger partial charge in [0.15, 0.2) is 0 Å². The summed E-state index contributed by atoms with van der Waals surface area (Å²) in [7, 11) is -3.79.